The first-order valence-corrected chi connectivity index (χ1v) is 7.29. The molecule has 0 fully saturated rings. The molecule has 20 heavy (non-hydrogen) atoms. The molecular formula is C18H23NO. The van der Waals surface area contributed by atoms with E-state index in [1.807, 2.05) is 12.1 Å². The highest BCUT2D eigenvalue weighted by atomic mass is 16.3. The van der Waals surface area contributed by atoms with Crippen molar-refractivity contribution in [2.75, 3.05) is 6.54 Å². The summed E-state index contributed by atoms with van der Waals surface area (Å²) in [5, 5.41) is 9.59. The highest BCUT2D eigenvalue weighted by Gasteiger charge is 2.14. The Bertz CT molecular complexity index is 444. The molecule has 0 aliphatic rings. The van der Waals surface area contributed by atoms with Crippen LogP contribution in [-0.4, -0.2) is 17.8 Å². The van der Waals surface area contributed by atoms with Crippen molar-refractivity contribution in [2.24, 2.45) is 5.73 Å². The van der Waals surface area contributed by atoms with Crippen molar-refractivity contribution >= 4 is 0 Å². The van der Waals surface area contributed by atoms with Gasteiger partial charge in [0.25, 0.3) is 0 Å². The molecule has 2 nitrogen and oxygen atoms in total. The number of aliphatic hydroxyl groups is 1. The van der Waals surface area contributed by atoms with Crippen molar-refractivity contribution in [1.82, 2.24) is 0 Å². The Kier molecular flexibility index (Phi) is 5.78. The fourth-order valence-electron chi connectivity index (χ4n) is 2.57. The fraction of sp³-hybridized carbons (Fsp3) is 0.333. The van der Waals surface area contributed by atoms with Gasteiger partial charge in [-0.05, 0) is 30.4 Å². The smallest absolute Gasteiger partial charge is 0.0662 e. The molecule has 106 valence electrons. The van der Waals surface area contributed by atoms with E-state index in [0.29, 0.717) is 12.5 Å². The fourth-order valence-corrected chi connectivity index (χ4v) is 2.57. The third kappa shape index (κ3) is 4.19. The summed E-state index contributed by atoms with van der Waals surface area (Å²) in [5.74, 6) is 0.391. The molecule has 0 heterocycles. The summed E-state index contributed by atoms with van der Waals surface area (Å²) in [6.07, 6.45) is 2.41. The van der Waals surface area contributed by atoms with Gasteiger partial charge in [-0.1, -0.05) is 60.7 Å². The van der Waals surface area contributed by atoms with Crippen LogP contribution in [0, 0.1) is 0 Å². The van der Waals surface area contributed by atoms with Crippen LogP contribution in [0.5, 0.6) is 0 Å². The van der Waals surface area contributed by atoms with Crippen LogP contribution in [0.3, 0.4) is 0 Å². The van der Waals surface area contributed by atoms with Crippen molar-refractivity contribution in [3.05, 3.63) is 71.8 Å². The van der Waals surface area contributed by atoms with E-state index in [2.05, 4.69) is 48.5 Å². The lowest BCUT2D eigenvalue weighted by atomic mass is 9.87. The van der Waals surface area contributed by atoms with Crippen LogP contribution in [-0.2, 0) is 0 Å². The van der Waals surface area contributed by atoms with E-state index in [9.17, 15) is 5.11 Å². The van der Waals surface area contributed by atoms with E-state index in [4.69, 9.17) is 5.73 Å². The van der Waals surface area contributed by atoms with Gasteiger partial charge in [-0.15, -0.1) is 0 Å². The van der Waals surface area contributed by atoms with Gasteiger partial charge in [0.1, 0.15) is 0 Å². The minimum Gasteiger partial charge on any atom is -0.392 e. The van der Waals surface area contributed by atoms with Gasteiger partial charge in [-0.25, -0.2) is 0 Å². The lowest BCUT2D eigenvalue weighted by Gasteiger charge is -2.18. The van der Waals surface area contributed by atoms with E-state index in [0.717, 1.165) is 19.3 Å². The summed E-state index contributed by atoms with van der Waals surface area (Å²) in [4.78, 5) is 0. The van der Waals surface area contributed by atoms with Crippen molar-refractivity contribution in [3.8, 4) is 0 Å². The zero-order valence-corrected chi connectivity index (χ0v) is 11.8. The number of nitrogens with two attached hydrogens (primary N) is 1. The largest absolute Gasteiger partial charge is 0.392 e. The predicted molar refractivity (Wildman–Crippen MR) is 83.6 cm³/mol. The Morgan fingerprint density at radius 3 is 1.75 bits per heavy atom. The average molecular weight is 269 g/mol. The Hall–Kier alpha value is -1.64. The summed E-state index contributed by atoms with van der Waals surface area (Å²) in [5.41, 5.74) is 8.13. The minimum absolute atomic E-state index is 0.349. The van der Waals surface area contributed by atoms with Crippen molar-refractivity contribution in [1.29, 1.82) is 0 Å². The second-order valence-corrected chi connectivity index (χ2v) is 5.19. The molecule has 0 spiro atoms. The molecule has 2 rings (SSSR count). The summed E-state index contributed by atoms with van der Waals surface area (Å²) >= 11 is 0. The van der Waals surface area contributed by atoms with Gasteiger partial charge >= 0.3 is 0 Å². The van der Waals surface area contributed by atoms with Crippen LogP contribution in [0.1, 0.15) is 36.3 Å². The van der Waals surface area contributed by atoms with Crippen molar-refractivity contribution in [2.45, 2.75) is 31.3 Å². The molecule has 0 saturated carbocycles. The maximum absolute atomic E-state index is 9.59. The summed E-state index contributed by atoms with van der Waals surface area (Å²) in [7, 11) is 0. The van der Waals surface area contributed by atoms with Gasteiger partial charge in [-0.3, -0.25) is 0 Å². The van der Waals surface area contributed by atoms with Crippen molar-refractivity contribution in [3.63, 3.8) is 0 Å². The highest BCUT2D eigenvalue weighted by Crippen LogP contribution is 2.29. The molecular weight excluding hydrogens is 246 g/mol. The first kappa shape index (κ1) is 14.8. The summed E-state index contributed by atoms with van der Waals surface area (Å²) < 4.78 is 0. The van der Waals surface area contributed by atoms with E-state index in [-0.39, 0.29) is 6.10 Å². The molecule has 0 radical (unpaired) electrons. The number of hydrogen-bond donors (Lipinski definition) is 2. The SMILES string of the molecule is NCC(O)CCCC(c1ccccc1)c1ccccc1. The Labute approximate surface area is 121 Å². The van der Waals surface area contributed by atoms with Gasteiger partial charge in [0, 0.05) is 12.5 Å². The Morgan fingerprint density at radius 1 is 0.800 bits per heavy atom. The third-order valence-electron chi connectivity index (χ3n) is 3.71. The second-order valence-electron chi connectivity index (χ2n) is 5.19. The Balaban J connectivity index is 2.09. The average Bonchev–Trinajstić information content (AvgIpc) is 2.53. The van der Waals surface area contributed by atoms with Crippen molar-refractivity contribution < 1.29 is 5.11 Å². The predicted octanol–water partition coefficient (Wildman–Crippen LogP) is 3.31. The number of rotatable bonds is 7. The van der Waals surface area contributed by atoms with Gasteiger partial charge in [-0.2, -0.15) is 0 Å². The van der Waals surface area contributed by atoms with Crippen LogP contribution >= 0.6 is 0 Å². The molecule has 2 aromatic carbocycles. The van der Waals surface area contributed by atoms with Gasteiger partial charge in [0.15, 0.2) is 0 Å². The first-order chi connectivity index (χ1) is 9.81. The monoisotopic (exact) mass is 269 g/mol. The van der Waals surface area contributed by atoms with Crippen LogP contribution in [0.25, 0.3) is 0 Å². The molecule has 0 aliphatic heterocycles. The summed E-state index contributed by atoms with van der Waals surface area (Å²) in [6, 6.07) is 21.1. The number of hydrogen-bond acceptors (Lipinski definition) is 2. The van der Waals surface area contributed by atoms with Crippen LogP contribution in [0.2, 0.25) is 0 Å². The van der Waals surface area contributed by atoms with E-state index in [1.54, 1.807) is 0 Å². The maximum atomic E-state index is 9.59. The maximum Gasteiger partial charge on any atom is 0.0662 e. The normalized spacial score (nSPS) is 12.6. The molecule has 1 unspecified atom stereocenters. The molecule has 0 bridgehead atoms. The Morgan fingerprint density at radius 2 is 1.30 bits per heavy atom. The minimum atomic E-state index is -0.373. The zero-order valence-electron chi connectivity index (χ0n) is 11.8. The molecule has 0 amide bonds. The zero-order chi connectivity index (χ0) is 14.2. The molecule has 0 saturated heterocycles. The quantitative estimate of drug-likeness (QED) is 0.810. The van der Waals surface area contributed by atoms with Crippen LogP contribution < -0.4 is 5.73 Å². The van der Waals surface area contributed by atoms with Crippen LogP contribution in [0.15, 0.2) is 60.7 Å². The molecule has 3 N–H and O–H groups in total. The highest BCUT2D eigenvalue weighted by molar-refractivity contribution is 5.32. The molecule has 2 aromatic rings. The van der Waals surface area contributed by atoms with E-state index >= 15 is 0 Å². The third-order valence-corrected chi connectivity index (χ3v) is 3.71. The molecule has 0 aromatic heterocycles. The standard InChI is InChI=1S/C18H23NO/c19-14-17(20)12-7-13-18(15-8-3-1-4-9-15)16-10-5-2-6-11-16/h1-6,8-11,17-18,20H,7,12-14,19H2. The number of aliphatic hydroxyl groups excluding tert-OH is 1. The van der Waals surface area contributed by atoms with Gasteiger partial charge in [0.2, 0.25) is 0 Å². The molecule has 1 atom stereocenters. The van der Waals surface area contributed by atoms with E-state index < -0.39 is 0 Å². The first-order valence-electron chi connectivity index (χ1n) is 7.29. The van der Waals surface area contributed by atoms with Gasteiger partial charge < -0.3 is 10.8 Å². The second kappa shape index (κ2) is 7.83. The summed E-state index contributed by atoms with van der Waals surface area (Å²) in [6.45, 7) is 0.349. The van der Waals surface area contributed by atoms with E-state index in [1.165, 1.54) is 11.1 Å². The van der Waals surface area contributed by atoms with Crippen LogP contribution in [0.4, 0.5) is 0 Å². The molecule has 2 heteroatoms. The molecule has 0 aliphatic carbocycles. The van der Waals surface area contributed by atoms with Gasteiger partial charge in [0.05, 0.1) is 6.10 Å². The number of benzene rings is 2. The lowest BCUT2D eigenvalue weighted by Crippen LogP contribution is -2.19. The topological polar surface area (TPSA) is 46.2 Å². The lowest BCUT2D eigenvalue weighted by molar-refractivity contribution is 0.168.